The second-order valence-corrected chi connectivity index (χ2v) is 17.4. The molecule has 0 amide bonds. The van der Waals surface area contributed by atoms with E-state index in [-0.39, 0.29) is 5.41 Å². The van der Waals surface area contributed by atoms with E-state index in [4.69, 9.17) is 4.42 Å². The Hall–Kier alpha value is -7.94. The molecule has 1 aromatic heterocycles. The predicted molar refractivity (Wildman–Crippen MR) is 265 cm³/mol. The van der Waals surface area contributed by atoms with E-state index in [2.05, 4.69) is 231 Å². The summed E-state index contributed by atoms with van der Waals surface area (Å²) in [4.78, 5) is 2.40. The molecule has 0 unspecified atom stereocenters. The van der Waals surface area contributed by atoms with Gasteiger partial charge in [0.15, 0.2) is 0 Å². The predicted octanol–water partition coefficient (Wildman–Crippen LogP) is 17.2. The zero-order valence-electron chi connectivity index (χ0n) is 35.2. The maximum atomic E-state index is 6.15. The van der Waals surface area contributed by atoms with Crippen molar-refractivity contribution in [3.63, 3.8) is 0 Å². The van der Waals surface area contributed by atoms with Crippen molar-refractivity contribution in [2.45, 2.75) is 19.3 Å². The standard InChI is InChI=1S/C61H43NO/c1-61(2)57-38-49(47-21-20-41-12-6-7-13-46(41)36-47)26-33-53(57)54-34-32-52(39-58(54)61)62(50-28-22-44(23-29-50)43-18-16-42(17-19-43)40-10-4-3-5-11-40)51-30-24-45(25-31-51)48-27-35-60-56(37-48)55-14-8-9-15-59(55)63-60/h3-39H,1-2H3. The van der Waals surface area contributed by atoms with Crippen molar-refractivity contribution in [3.8, 4) is 55.6 Å². The lowest BCUT2D eigenvalue weighted by molar-refractivity contribution is 0.660. The number of anilines is 3. The minimum absolute atomic E-state index is 0.200. The van der Waals surface area contributed by atoms with Crippen LogP contribution in [0.1, 0.15) is 25.0 Å². The Bertz CT molecular complexity index is 3500. The highest BCUT2D eigenvalue weighted by Gasteiger charge is 2.36. The zero-order valence-corrected chi connectivity index (χ0v) is 35.2. The highest BCUT2D eigenvalue weighted by molar-refractivity contribution is 6.06. The molecule has 1 aliphatic rings. The van der Waals surface area contributed by atoms with Crippen LogP contribution in [0.3, 0.4) is 0 Å². The summed E-state index contributed by atoms with van der Waals surface area (Å²) in [6.07, 6.45) is 0. The molecule has 0 saturated heterocycles. The molecule has 2 heteroatoms. The monoisotopic (exact) mass is 805 g/mol. The van der Waals surface area contributed by atoms with Crippen molar-refractivity contribution < 1.29 is 4.42 Å². The number of furan rings is 1. The first-order valence-electron chi connectivity index (χ1n) is 21.8. The first-order valence-corrected chi connectivity index (χ1v) is 21.8. The summed E-state index contributed by atoms with van der Waals surface area (Å²) in [5, 5.41) is 4.80. The van der Waals surface area contributed by atoms with Crippen molar-refractivity contribution in [1.29, 1.82) is 0 Å². The van der Waals surface area contributed by atoms with E-state index in [1.54, 1.807) is 0 Å². The number of para-hydroxylation sites is 1. The van der Waals surface area contributed by atoms with Gasteiger partial charge in [-0.15, -0.1) is 0 Å². The maximum absolute atomic E-state index is 6.15. The maximum Gasteiger partial charge on any atom is 0.135 e. The molecule has 0 fully saturated rings. The van der Waals surface area contributed by atoms with E-state index in [0.29, 0.717) is 0 Å². The Kier molecular flexibility index (Phi) is 8.55. The molecule has 0 saturated carbocycles. The van der Waals surface area contributed by atoms with Crippen LogP contribution in [0.5, 0.6) is 0 Å². The van der Waals surface area contributed by atoms with Crippen LogP contribution in [0.25, 0.3) is 88.3 Å². The number of hydrogen-bond donors (Lipinski definition) is 0. The van der Waals surface area contributed by atoms with E-state index in [0.717, 1.165) is 50.1 Å². The van der Waals surface area contributed by atoms with Gasteiger partial charge in [-0.3, -0.25) is 0 Å². The molecule has 0 radical (unpaired) electrons. The number of rotatable bonds is 7. The average molecular weight is 806 g/mol. The van der Waals surface area contributed by atoms with Crippen LogP contribution in [-0.2, 0) is 5.41 Å². The highest BCUT2D eigenvalue weighted by atomic mass is 16.3. The summed E-state index contributed by atoms with van der Waals surface area (Å²) in [5.74, 6) is 0. The van der Waals surface area contributed by atoms with Gasteiger partial charge in [-0.25, -0.2) is 0 Å². The molecule has 0 spiro atoms. The molecule has 0 N–H and O–H groups in total. The first kappa shape index (κ1) is 36.9. The summed E-state index contributed by atoms with van der Waals surface area (Å²) in [6.45, 7) is 4.76. The fourth-order valence-corrected chi connectivity index (χ4v) is 9.86. The number of benzene rings is 10. The first-order chi connectivity index (χ1) is 30.9. The van der Waals surface area contributed by atoms with Gasteiger partial charge in [0.2, 0.25) is 0 Å². The zero-order chi connectivity index (χ0) is 42.1. The van der Waals surface area contributed by atoms with Gasteiger partial charge in [-0.2, -0.15) is 0 Å². The van der Waals surface area contributed by atoms with Crippen molar-refractivity contribution in [2.75, 3.05) is 4.90 Å². The topological polar surface area (TPSA) is 16.4 Å². The Morgan fingerprint density at radius 1 is 0.317 bits per heavy atom. The molecule has 298 valence electrons. The van der Waals surface area contributed by atoms with Gasteiger partial charge in [0.1, 0.15) is 11.2 Å². The van der Waals surface area contributed by atoms with Crippen LogP contribution >= 0.6 is 0 Å². The molecule has 1 heterocycles. The Labute approximate surface area is 368 Å². The van der Waals surface area contributed by atoms with Gasteiger partial charge in [0.25, 0.3) is 0 Å². The summed E-state index contributed by atoms with van der Waals surface area (Å²) in [6, 6.07) is 81.8. The normalized spacial score (nSPS) is 12.7. The fourth-order valence-electron chi connectivity index (χ4n) is 9.86. The Balaban J connectivity index is 0.921. The quantitative estimate of drug-likeness (QED) is 0.160. The molecule has 63 heavy (non-hydrogen) atoms. The molecular formula is C61H43NO. The SMILES string of the molecule is CC1(C)c2cc(-c3ccc4ccccc4c3)ccc2-c2ccc(N(c3ccc(-c4ccc(-c5ccccc5)cc4)cc3)c3ccc(-c4ccc5oc6ccccc6c5c4)cc3)cc21. The van der Waals surface area contributed by atoms with Crippen LogP contribution in [0.15, 0.2) is 229 Å². The van der Waals surface area contributed by atoms with Gasteiger partial charge >= 0.3 is 0 Å². The van der Waals surface area contributed by atoms with E-state index < -0.39 is 0 Å². The summed E-state index contributed by atoms with van der Waals surface area (Å²) in [5.41, 5.74) is 19.9. The van der Waals surface area contributed by atoms with Crippen LogP contribution in [0, 0.1) is 0 Å². The Morgan fingerprint density at radius 2 is 0.778 bits per heavy atom. The van der Waals surface area contributed by atoms with E-state index in [9.17, 15) is 0 Å². The van der Waals surface area contributed by atoms with Crippen LogP contribution in [0.2, 0.25) is 0 Å². The van der Waals surface area contributed by atoms with Crippen molar-refractivity contribution >= 4 is 49.8 Å². The molecule has 0 atom stereocenters. The summed E-state index contributed by atoms with van der Waals surface area (Å²) >= 11 is 0. The third kappa shape index (κ3) is 6.34. The minimum atomic E-state index is -0.200. The largest absolute Gasteiger partial charge is 0.456 e. The summed E-state index contributed by atoms with van der Waals surface area (Å²) in [7, 11) is 0. The molecule has 12 rings (SSSR count). The minimum Gasteiger partial charge on any atom is -0.456 e. The molecule has 10 aromatic carbocycles. The lowest BCUT2D eigenvalue weighted by Gasteiger charge is -2.28. The molecule has 2 nitrogen and oxygen atoms in total. The molecule has 0 aliphatic heterocycles. The summed E-state index contributed by atoms with van der Waals surface area (Å²) < 4.78 is 6.15. The molecule has 1 aliphatic carbocycles. The second-order valence-electron chi connectivity index (χ2n) is 17.4. The number of hydrogen-bond acceptors (Lipinski definition) is 2. The third-order valence-electron chi connectivity index (χ3n) is 13.3. The average Bonchev–Trinajstić information content (AvgIpc) is 3.83. The van der Waals surface area contributed by atoms with E-state index >= 15 is 0 Å². The number of nitrogens with zero attached hydrogens (tertiary/aromatic N) is 1. The van der Waals surface area contributed by atoms with E-state index in [1.165, 1.54) is 66.4 Å². The van der Waals surface area contributed by atoms with Gasteiger partial charge < -0.3 is 9.32 Å². The van der Waals surface area contributed by atoms with Crippen molar-refractivity contribution in [3.05, 3.63) is 236 Å². The van der Waals surface area contributed by atoms with Gasteiger partial charge in [-0.1, -0.05) is 172 Å². The third-order valence-corrected chi connectivity index (χ3v) is 13.3. The van der Waals surface area contributed by atoms with Gasteiger partial charge in [0, 0.05) is 33.2 Å². The highest BCUT2D eigenvalue weighted by Crippen LogP contribution is 2.52. The van der Waals surface area contributed by atoms with Crippen LogP contribution in [-0.4, -0.2) is 0 Å². The molecular weight excluding hydrogens is 763 g/mol. The van der Waals surface area contributed by atoms with Crippen LogP contribution in [0.4, 0.5) is 17.1 Å². The van der Waals surface area contributed by atoms with Gasteiger partial charge in [-0.05, 0) is 144 Å². The molecule has 11 aromatic rings. The Morgan fingerprint density at radius 3 is 1.49 bits per heavy atom. The molecule has 0 bridgehead atoms. The second kappa shape index (κ2) is 14.6. The van der Waals surface area contributed by atoms with Crippen molar-refractivity contribution in [1.82, 2.24) is 0 Å². The number of fused-ring (bicyclic) bond motifs is 7. The fraction of sp³-hybridized carbons (Fsp3) is 0.0492. The smallest absolute Gasteiger partial charge is 0.135 e. The van der Waals surface area contributed by atoms with Gasteiger partial charge in [0.05, 0.1) is 0 Å². The van der Waals surface area contributed by atoms with Crippen LogP contribution < -0.4 is 4.90 Å². The van der Waals surface area contributed by atoms with E-state index in [1.807, 2.05) is 12.1 Å². The lowest BCUT2D eigenvalue weighted by Crippen LogP contribution is -2.16. The van der Waals surface area contributed by atoms with Crippen molar-refractivity contribution in [2.24, 2.45) is 0 Å². The lowest BCUT2D eigenvalue weighted by atomic mass is 9.81.